The van der Waals surface area contributed by atoms with Crippen LogP contribution in [0.4, 0.5) is 5.00 Å². The SMILES string of the molecule is CCOC(=O)c1c(NC(=O)CSc2nnc(-c3ccco3)n2C)sc2c1CCCC2. The first-order chi connectivity index (χ1) is 14.6. The van der Waals surface area contributed by atoms with Crippen molar-refractivity contribution in [2.45, 2.75) is 37.8 Å². The van der Waals surface area contributed by atoms with Gasteiger partial charge in [-0.1, -0.05) is 11.8 Å². The normalized spacial score (nSPS) is 13.1. The number of rotatable bonds is 7. The standard InChI is InChI=1S/C20H22N4O4S2/c1-3-27-19(26)16-12-7-4-5-9-14(12)30-18(16)21-15(25)11-29-20-23-22-17(24(20)2)13-8-6-10-28-13/h6,8,10H,3-5,7,9,11H2,1-2H3,(H,21,25). The van der Waals surface area contributed by atoms with Gasteiger partial charge in [0.15, 0.2) is 16.7 Å². The van der Waals surface area contributed by atoms with Gasteiger partial charge in [0.25, 0.3) is 0 Å². The van der Waals surface area contributed by atoms with Gasteiger partial charge in [-0.25, -0.2) is 4.79 Å². The number of nitrogens with zero attached hydrogens (tertiary/aromatic N) is 3. The van der Waals surface area contributed by atoms with Crippen LogP contribution in [-0.4, -0.2) is 39.0 Å². The fourth-order valence-electron chi connectivity index (χ4n) is 3.43. The number of carbonyl (C=O) groups is 2. The number of furan rings is 1. The second kappa shape index (κ2) is 9.05. The fourth-order valence-corrected chi connectivity index (χ4v) is 5.43. The summed E-state index contributed by atoms with van der Waals surface area (Å²) in [6.07, 6.45) is 5.50. The van der Waals surface area contributed by atoms with Crippen LogP contribution >= 0.6 is 23.1 Å². The molecule has 1 aliphatic rings. The molecule has 0 saturated carbocycles. The van der Waals surface area contributed by atoms with E-state index in [1.807, 2.05) is 7.05 Å². The van der Waals surface area contributed by atoms with Crippen LogP contribution in [0.2, 0.25) is 0 Å². The highest BCUT2D eigenvalue weighted by molar-refractivity contribution is 7.99. The van der Waals surface area contributed by atoms with E-state index < -0.39 is 0 Å². The Kier molecular flexibility index (Phi) is 6.24. The monoisotopic (exact) mass is 446 g/mol. The first-order valence-electron chi connectivity index (χ1n) is 9.76. The minimum Gasteiger partial charge on any atom is -0.462 e. The van der Waals surface area contributed by atoms with E-state index in [0.29, 0.717) is 33.9 Å². The Morgan fingerprint density at radius 2 is 2.17 bits per heavy atom. The maximum Gasteiger partial charge on any atom is 0.341 e. The molecule has 3 aromatic rings. The zero-order valence-electron chi connectivity index (χ0n) is 16.8. The molecule has 0 aliphatic heterocycles. The number of thioether (sulfide) groups is 1. The molecule has 1 amide bonds. The molecule has 0 aromatic carbocycles. The van der Waals surface area contributed by atoms with Gasteiger partial charge >= 0.3 is 5.97 Å². The molecule has 0 radical (unpaired) electrons. The average Bonchev–Trinajstić information content (AvgIpc) is 3.45. The van der Waals surface area contributed by atoms with Gasteiger partial charge in [-0.3, -0.25) is 4.79 Å². The largest absolute Gasteiger partial charge is 0.462 e. The molecule has 0 bridgehead atoms. The third-order valence-corrected chi connectivity index (χ3v) is 7.04. The van der Waals surface area contributed by atoms with Crippen molar-refractivity contribution in [3.8, 4) is 11.6 Å². The summed E-state index contributed by atoms with van der Waals surface area (Å²) in [7, 11) is 1.82. The van der Waals surface area contributed by atoms with Crippen molar-refractivity contribution in [2.75, 3.05) is 17.7 Å². The van der Waals surface area contributed by atoms with Gasteiger partial charge in [0.05, 0.1) is 24.2 Å². The lowest BCUT2D eigenvalue weighted by atomic mass is 9.95. The third kappa shape index (κ3) is 4.15. The predicted octanol–water partition coefficient (Wildman–Crippen LogP) is 3.92. The molecule has 158 valence electrons. The molecule has 4 rings (SSSR count). The van der Waals surface area contributed by atoms with Crippen LogP contribution in [0.25, 0.3) is 11.6 Å². The Hall–Kier alpha value is -2.59. The molecular formula is C20H22N4O4S2. The van der Waals surface area contributed by atoms with Crippen LogP contribution in [0, 0.1) is 0 Å². The number of thiophene rings is 1. The highest BCUT2D eigenvalue weighted by Gasteiger charge is 2.27. The van der Waals surface area contributed by atoms with Gasteiger partial charge in [-0.15, -0.1) is 21.5 Å². The van der Waals surface area contributed by atoms with Gasteiger partial charge in [0, 0.05) is 11.9 Å². The van der Waals surface area contributed by atoms with E-state index in [1.54, 1.807) is 29.9 Å². The van der Waals surface area contributed by atoms with E-state index in [0.717, 1.165) is 31.2 Å². The van der Waals surface area contributed by atoms with Crippen molar-refractivity contribution in [3.05, 3.63) is 34.4 Å². The molecule has 30 heavy (non-hydrogen) atoms. The van der Waals surface area contributed by atoms with Crippen molar-refractivity contribution in [1.82, 2.24) is 14.8 Å². The van der Waals surface area contributed by atoms with E-state index >= 15 is 0 Å². The summed E-state index contributed by atoms with van der Waals surface area (Å²) in [5, 5.41) is 12.4. The van der Waals surface area contributed by atoms with Crippen LogP contribution < -0.4 is 5.32 Å². The second-order valence-corrected chi connectivity index (χ2v) is 8.86. The maximum atomic E-state index is 12.6. The number of anilines is 1. The van der Waals surface area contributed by atoms with Gasteiger partial charge < -0.3 is 19.0 Å². The second-order valence-electron chi connectivity index (χ2n) is 6.81. The Labute approximate surface area is 182 Å². The smallest absolute Gasteiger partial charge is 0.341 e. The zero-order chi connectivity index (χ0) is 21.1. The topological polar surface area (TPSA) is 99.2 Å². The number of hydrogen-bond acceptors (Lipinski definition) is 8. The van der Waals surface area contributed by atoms with E-state index in [2.05, 4.69) is 15.5 Å². The van der Waals surface area contributed by atoms with Gasteiger partial charge in [0.1, 0.15) is 5.00 Å². The quantitative estimate of drug-likeness (QED) is 0.434. The Balaban J connectivity index is 1.46. The Morgan fingerprint density at radius 1 is 1.33 bits per heavy atom. The summed E-state index contributed by atoms with van der Waals surface area (Å²) in [5.41, 5.74) is 1.55. The van der Waals surface area contributed by atoms with Crippen molar-refractivity contribution >= 4 is 40.0 Å². The molecule has 1 aliphatic carbocycles. The van der Waals surface area contributed by atoms with Crippen molar-refractivity contribution < 1.29 is 18.7 Å². The Morgan fingerprint density at radius 3 is 2.93 bits per heavy atom. The van der Waals surface area contributed by atoms with Crippen LogP contribution in [-0.2, 0) is 29.4 Å². The molecule has 8 nitrogen and oxygen atoms in total. The van der Waals surface area contributed by atoms with Crippen molar-refractivity contribution in [3.63, 3.8) is 0 Å². The van der Waals surface area contributed by atoms with Gasteiger partial charge in [-0.2, -0.15) is 0 Å². The van der Waals surface area contributed by atoms with E-state index in [-0.39, 0.29) is 17.6 Å². The number of aromatic nitrogens is 3. The van der Waals surface area contributed by atoms with E-state index in [1.165, 1.54) is 28.0 Å². The number of amides is 1. The molecule has 1 N–H and O–H groups in total. The molecule has 0 atom stereocenters. The maximum absolute atomic E-state index is 12.6. The number of aryl methyl sites for hydroxylation is 1. The first kappa shape index (κ1) is 20.7. The highest BCUT2D eigenvalue weighted by Crippen LogP contribution is 2.38. The van der Waals surface area contributed by atoms with Crippen molar-refractivity contribution in [1.29, 1.82) is 0 Å². The van der Waals surface area contributed by atoms with Crippen LogP contribution in [0.3, 0.4) is 0 Å². The lowest BCUT2D eigenvalue weighted by Gasteiger charge is -2.12. The fraction of sp³-hybridized carbons (Fsp3) is 0.400. The first-order valence-corrected chi connectivity index (χ1v) is 11.6. The lowest BCUT2D eigenvalue weighted by molar-refractivity contribution is -0.113. The number of carbonyl (C=O) groups excluding carboxylic acids is 2. The summed E-state index contributed by atoms with van der Waals surface area (Å²) in [6.45, 7) is 2.08. The average molecular weight is 447 g/mol. The molecule has 0 saturated heterocycles. The zero-order valence-corrected chi connectivity index (χ0v) is 18.4. The predicted molar refractivity (Wildman–Crippen MR) is 115 cm³/mol. The number of esters is 1. The summed E-state index contributed by atoms with van der Waals surface area (Å²) >= 11 is 2.76. The van der Waals surface area contributed by atoms with Crippen molar-refractivity contribution in [2.24, 2.45) is 7.05 Å². The summed E-state index contributed by atoms with van der Waals surface area (Å²) in [4.78, 5) is 26.3. The number of ether oxygens (including phenoxy) is 1. The van der Waals surface area contributed by atoms with Crippen LogP contribution in [0.5, 0.6) is 0 Å². The Bertz CT molecular complexity index is 1060. The van der Waals surface area contributed by atoms with E-state index in [4.69, 9.17) is 9.15 Å². The summed E-state index contributed by atoms with van der Waals surface area (Å²) in [6, 6.07) is 3.59. The number of fused-ring (bicyclic) bond motifs is 1. The van der Waals surface area contributed by atoms with Crippen LogP contribution in [0.15, 0.2) is 28.0 Å². The minimum atomic E-state index is -0.365. The lowest BCUT2D eigenvalue weighted by Crippen LogP contribution is -2.17. The van der Waals surface area contributed by atoms with Crippen LogP contribution in [0.1, 0.15) is 40.6 Å². The molecule has 0 fully saturated rings. The highest BCUT2D eigenvalue weighted by atomic mass is 32.2. The number of nitrogens with one attached hydrogen (secondary N) is 1. The summed E-state index contributed by atoms with van der Waals surface area (Å²) < 4.78 is 12.4. The molecule has 3 aromatic heterocycles. The molecule has 10 heteroatoms. The molecular weight excluding hydrogens is 424 g/mol. The summed E-state index contributed by atoms with van der Waals surface area (Å²) in [5.74, 6) is 0.792. The molecule has 0 unspecified atom stereocenters. The number of hydrogen-bond donors (Lipinski definition) is 1. The third-order valence-electron chi connectivity index (χ3n) is 4.81. The molecule has 3 heterocycles. The van der Waals surface area contributed by atoms with E-state index in [9.17, 15) is 9.59 Å². The van der Waals surface area contributed by atoms with Gasteiger partial charge in [-0.05, 0) is 50.3 Å². The minimum absolute atomic E-state index is 0.148. The van der Waals surface area contributed by atoms with Gasteiger partial charge in [0.2, 0.25) is 5.91 Å². The molecule has 0 spiro atoms.